The van der Waals surface area contributed by atoms with E-state index in [1.807, 2.05) is 0 Å². The molecule has 1 amide bonds. The molecule has 18 heavy (non-hydrogen) atoms. The smallest absolute Gasteiger partial charge is 0.330 e. The van der Waals surface area contributed by atoms with Crippen LogP contribution in [0.3, 0.4) is 0 Å². The van der Waals surface area contributed by atoms with Crippen LogP contribution in [0.4, 0.5) is 0 Å². The van der Waals surface area contributed by atoms with Gasteiger partial charge in [-0.1, -0.05) is 25.8 Å². The first kappa shape index (κ1) is 14.7. The lowest BCUT2D eigenvalue weighted by Crippen LogP contribution is -2.28. The number of hydrogen-bond acceptors (Lipinski definition) is 4. The monoisotopic (exact) mass is 255 g/mol. The fourth-order valence-electron chi connectivity index (χ4n) is 2.07. The van der Waals surface area contributed by atoms with Gasteiger partial charge in [-0.2, -0.15) is 0 Å². The fraction of sp³-hybridized carbons (Fsp3) is 0.692. The zero-order valence-electron chi connectivity index (χ0n) is 10.7. The van der Waals surface area contributed by atoms with Gasteiger partial charge in [0, 0.05) is 12.5 Å². The highest BCUT2D eigenvalue weighted by Gasteiger charge is 2.16. The number of hydroxylamine groups is 1. The van der Waals surface area contributed by atoms with E-state index in [1.165, 1.54) is 19.3 Å². The summed E-state index contributed by atoms with van der Waals surface area (Å²) in [6.07, 6.45) is 7.58. The van der Waals surface area contributed by atoms with Gasteiger partial charge in [0.25, 0.3) is 0 Å². The Morgan fingerprint density at radius 1 is 1.22 bits per heavy atom. The van der Waals surface area contributed by atoms with Crippen molar-refractivity contribution in [1.29, 1.82) is 0 Å². The van der Waals surface area contributed by atoms with Crippen LogP contribution in [0, 0.1) is 5.92 Å². The number of nitrogens with one attached hydrogen (secondary N) is 1. The molecule has 0 aromatic heterocycles. The van der Waals surface area contributed by atoms with Crippen LogP contribution in [0.25, 0.3) is 0 Å². The number of amides is 1. The summed E-state index contributed by atoms with van der Waals surface area (Å²) in [7, 11) is 0. The van der Waals surface area contributed by atoms with E-state index in [9.17, 15) is 9.59 Å². The molecule has 0 spiro atoms. The highest BCUT2D eigenvalue weighted by molar-refractivity contribution is 5.81. The van der Waals surface area contributed by atoms with Crippen molar-refractivity contribution >= 4 is 11.9 Å². The van der Waals surface area contributed by atoms with Crippen LogP contribution < -0.4 is 5.48 Å². The van der Waals surface area contributed by atoms with E-state index in [0.29, 0.717) is 12.3 Å². The third-order valence-corrected chi connectivity index (χ3v) is 2.98. The Morgan fingerprint density at radius 3 is 2.61 bits per heavy atom. The maximum Gasteiger partial charge on any atom is 0.330 e. The Bertz CT molecular complexity index is 285. The number of carbonyl (C=O) groups excluding carboxylic acids is 2. The molecular formula is C13H21NO4. The number of rotatable bonds is 7. The molecule has 1 saturated carbocycles. The molecule has 1 aliphatic rings. The molecule has 102 valence electrons. The normalized spacial score (nSPS) is 16.0. The molecule has 0 saturated heterocycles. The van der Waals surface area contributed by atoms with Crippen molar-refractivity contribution in [3.63, 3.8) is 0 Å². The van der Waals surface area contributed by atoms with E-state index in [2.05, 4.69) is 16.8 Å². The minimum absolute atomic E-state index is 0.100. The first-order chi connectivity index (χ1) is 8.72. The Hall–Kier alpha value is -1.36. The molecule has 0 bridgehead atoms. The standard InChI is InChI=1S/C13H21NO4/c1-2-13(16)17-8-9-18-14-12(15)10-11-6-4-3-5-7-11/h2,11H,1,3-10H2,(H,14,15). The van der Waals surface area contributed by atoms with E-state index in [1.54, 1.807) is 0 Å². The molecule has 5 nitrogen and oxygen atoms in total. The average Bonchev–Trinajstić information content (AvgIpc) is 2.39. The van der Waals surface area contributed by atoms with Gasteiger partial charge in [-0.05, 0) is 18.8 Å². The van der Waals surface area contributed by atoms with Crippen molar-refractivity contribution in [3.8, 4) is 0 Å². The molecule has 5 heteroatoms. The van der Waals surface area contributed by atoms with Crippen molar-refractivity contribution < 1.29 is 19.2 Å². The van der Waals surface area contributed by atoms with Crippen molar-refractivity contribution in [2.24, 2.45) is 5.92 Å². The summed E-state index contributed by atoms with van der Waals surface area (Å²) >= 11 is 0. The van der Waals surface area contributed by atoms with Crippen LogP contribution in [0.5, 0.6) is 0 Å². The second-order valence-electron chi connectivity index (χ2n) is 4.45. The van der Waals surface area contributed by atoms with Gasteiger partial charge < -0.3 is 4.74 Å². The number of carbonyl (C=O) groups is 2. The van der Waals surface area contributed by atoms with Crippen LogP contribution in [-0.2, 0) is 19.2 Å². The average molecular weight is 255 g/mol. The van der Waals surface area contributed by atoms with E-state index in [4.69, 9.17) is 4.84 Å². The SMILES string of the molecule is C=CC(=O)OCCONC(=O)CC1CCCCC1. The first-order valence-electron chi connectivity index (χ1n) is 6.42. The topological polar surface area (TPSA) is 64.6 Å². The minimum Gasteiger partial charge on any atom is -0.460 e. The van der Waals surface area contributed by atoms with Crippen LogP contribution in [0.15, 0.2) is 12.7 Å². The summed E-state index contributed by atoms with van der Waals surface area (Å²) in [5.41, 5.74) is 2.37. The van der Waals surface area contributed by atoms with Crippen molar-refractivity contribution in [2.75, 3.05) is 13.2 Å². The molecule has 0 heterocycles. The van der Waals surface area contributed by atoms with Gasteiger partial charge in [-0.25, -0.2) is 10.3 Å². The molecule has 0 aliphatic heterocycles. The zero-order valence-corrected chi connectivity index (χ0v) is 10.7. The third-order valence-electron chi connectivity index (χ3n) is 2.98. The van der Waals surface area contributed by atoms with E-state index < -0.39 is 5.97 Å². The van der Waals surface area contributed by atoms with Gasteiger partial charge in [-0.15, -0.1) is 0 Å². The molecule has 0 aromatic rings. The summed E-state index contributed by atoms with van der Waals surface area (Å²) in [5, 5.41) is 0. The molecule has 1 aliphatic carbocycles. The molecule has 0 aromatic carbocycles. The van der Waals surface area contributed by atoms with Gasteiger partial charge in [-0.3, -0.25) is 9.63 Å². The van der Waals surface area contributed by atoms with E-state index in [-0.39, 0.29) is 19.1 Å². The Balaban J connectivity index is 1.99. The lowest BCUT2D eigenvalue weighted by molar-refractivity contribution is -0.143. The largest absolute Gasteiger partial charge is 0.460 e. The summed E-state index contributed by atoms with van der Waals surface area (Å²) in [5.74, 6) is -0.106. The highest BCUT2D eigenvalue weighted by Crippen LogP contribution is 2.25. The van der Waals surface area contributed by atoms with Crippen LogP contribution in [-0.4, -0.2) is 25.1 Å². The molecule has 0 unspecified atom stereocenters. The fourth-order valence-corrected chi connectivity index (χ4v) is 2.07. The molecule has 1 rings (SSSR count). The quantitative estimate of drug-likeness (QED) is 0.326. The van der Waals surface area contributed by atoms with E-state index >= 15 is 0 Å². The van der Waals surface area contributed by atoms with Crippen LogP contribution in [0.1, 0.15) is 38.5 Å². The summed E-state index contributed by atoms with van der Waals surface area (Å²) in [6, 6.07) is 0. The molecular weight excluding hydrogens is 234 g/mol. The first-order valence-corrected chi connectivity index (χ1v) is 6.42. The zero-order chi connectivity index (χ0) is 13.2. The Morgan fingerprint density at radius 2 is 1.94 bits per heavy atom. The number of hydrogen-bond donors (Lipinski definition) is 1. The maximum atomic E-state index is 11.5. The Kier molecular flexibility index (Phi) is 7.10. The van der Waals surface area contributed by atoms with E-state index in [0.717, 1.165) is 18.9 Å². The third kappa shape index (κ3) is 6.39. The summed E-state index contributed by atoms with van der Waals surface area (Å²) < 4.78 is 4.69. The van der Waals surface area contributed by atoms with Crippen LogP contribution >= 0.6 is 0 Å². The second kappa shape index (κ2) is 8.69. The summed E-state index contributed by atoms with van der Waals surface area (Å²) in [6.45, 7) is 3.52. The van der Waals surface area contributed by atoms with Crippen molar-refractivity contribution in [3.05, 3.63) is 12.7 Å². The summed E-state index contributed by atoms with van der Waals surface area (Å²) in [4.78, 5) is 27.1. The van der Waals surface area contributed by atoms with Gasteiger partial charge >= 0.3 is 5.97 Å². The number of esters is 1. The predicted molar refractivity (Wildman–Crippen MR) is 66.4 cm³/mol. The Labute approximate surface area is 107 Å². The molecule has 0 radical (unpaired) electrons. The highest BCUT2D eigenvalue weighted by atomic mass is 16.7. The lowest BCUT2D eigenvalue weighted by atomic mass is 9.87. The van der Waals surface area contributed by atoms with Gasteiger partial charge in [0.05, 0.1) is 0 Å². The van der Waals surface area contributed by atoms with Gasteiger partial charge in [0.15, 0.2) is 0 Å². The minimum atomic E-state index is -0.493. The molecule has 0 atom stereocenters. The van der Waals surface area contributed by atoms with Gasteiger partial charge in [0.2, 0.25) is 5.91 Å². The van der Waals surface area contributed by atoms with Crippen molar-refractivity contribution in [1.82, 2.24) is 5.48 Å². The maximum absolute atomic E-state index is 11.5. The number of ether oxygens (including phenoxy) is 1. The second-order valence-corrected chi connectivity index (χ2v) is 4.45. The van der Waals surface area contributed by atoms with Gasteiger partial charge in [0.1, 0.15) is 13.2 Å². The molecule has 1 fully saturated rings. The predicted octanol–water partition coefficient (Wildman–Crippen LogP) is 1.73. The molecule has 1 N–H and O–H groups in total. The van der Waals surface area contributed by atoms with Crippen LogP contribution in [0.2, 0.25) is 0 Å². The van der Waals surface area contributed by atoms with Crippen molar-refractivity contribution in [2.45, 2.75) is 38.5 Å². The lowest BCUT2D eigenvalue weighted by Gasteiger charge is -2.20.